The van der Waals surface area contributed by atoms with Crippen LogP contribution in [-0.4, -0.2) is 37.2 Å². The Morgan fingerprint density at radius 2 is 1.69 bits per heavy atom. The van der Waals surface area contributed by atoms with E-state index in [2.05, 4.69) is 31.8 Å². The minimum atomic E-state index is -0.529. The van der Waals surface area contributed by atoms with Gasteiger partial charge in [-0.1, -0.05) is 48.5 Å². The van der Waals surface area contributed by atoms with Gasteiger partial charge in [0.05, 0.1) is 29.8 Å². The third-order valence-electron chi connectivity index (χ3n) is 4.94. The second-order valence-electron chi connectivity index (χ2n) is 7.58. The van der Waals surface area contributed by atoms with Crippen molar-refractivity contribution < 1.29 is 23.9 Å². The Balaban J connectivity index is 1.59. The van der Waals surface area contributed by atoms with E-state index >= 15 is 0 Å². The number of amides is 2. The summed E-state index contributed by atoms with van der Waals surface area (Å²) >= 11 is 3.39. The Kier molecular flexibility index (Phi) is 10.2. The monoisotopic (exact) mass is 551 g/mol. The van der Waals surface area contributed by atoms with Crippen LogP contribution >= 0.6 is 15.9 Å². The van der Waals surface area contributed by atoms with Gasteiger partial charge in [0.25, 0.3) is 5.91 Å². The molecule has 8 nitrogen and oxygen atoms in total. The predicted molar refractivity (Wildman–Crippen MR) is 140 cm³/mol. The Hall–Kier alpha value is -3.98. The average molecular weight is 552 g/mol. The molecule has 0 spiro atoms. The smallest absolute Gasteiger partial charge is 0.344 e. The lowest BCUT2D eigenvalue weighted by Gasteiger charge is -2.18. The molecule has 9 heteroatoms. The summed E-state index contributed by atoms with van der Waals surface area (Å²) in [6, 6.07) is 22.7. The van der Waals surface area contributed by atoms with Gasteiger partial charge in [0, 0.05) is 5.56 Å². The Bertz CT molecular complexity index is 1200. The maximum Gasteiger partial charge on any atom is 0.344 e. The summed E-state index contributed by atoms with van der Waals surface area (Å²) in [6.07, 6.45) is 1.49. The molecular formula is C27H26BrN3O5. The minimum absolute atomic E-state index is 0.00422. The van der Waals surface area contributed by atoms with Crippen molar-refractivity contribution in [3.8, 4) is 5.75 Å². The van der Waals surface area contributed by atoms with Crippen LogP contribution in [0.15, 0.2) is 88.4 Å². The summed E-state index contributed by atoms with van der Waals surface area (Å²) in [5.41, 5.74) is 4.52. The van der Waals surface area contributed by atoms with Gasteiger partial charge in [0.2, 0.25) is 5.91 Å². The fraction of sp³-hybridized carbons (Fsp3) is 0.185. The standard InChI is InChI=1S/C27H26BrN3O5/c1-2-35-26(33)18-36-24-14-13-19(15-22(24)28)17-29-31-25(32)16-23(20-9-5-3-6-10-20)30-27(34)21-11-7-4-8-12-21/h3-15,17,23H,2,16,18H2,1H3,(H,30,34)(H,31,32)/b29-17-/t23-/m1/s1. The van der Waals surface area contributed by atoms with E-state index in [1.807, 2.05) is 36.4 Å². The number of esters is 1. The van der Waals surface area contributed by atoms with Gasteiger partial charge in [-0.15, -0.1) is 0 Å². The molecule has 0 aliphatic rings. The quantitative estimate of drug-likeness (QED) is 0.208. The van der Waals surface area contributed by atoms with Gasteiger partial charge in [-0.25, -0.2) is 10.2 Å². The summed E-state index contributed by atoms with van der Waals surface area (Å²) in [4.78, 5) is 36.7. The Morgan fingerprint density at radius 1 is 1.00 bits per heavy atom. The molecule has 0 saturated heterocycles. The van der Waals surface area contributed by atoms with Gasteiger partial charge in [-0.05, 0) is 64.3 Å². The maximum atomic E-state index is 12.7. The van der Waals surface area contributed by atoms with E-state index < -0.39 is 12.0 Å². The molecular weight excluding hydrogens is 526 g/mol. The molecule has 0 saturated carbocycles. The van der Waals surface area contributed by atoms with Crippen molar-refractivity contribution in [2.45, 2.75) is 19.4 Å². The number of nitrogens with one attached hydrogen (secondary N) is 2. The summed E-state index contributed by atoms with van der Waals surface area (Å²) in [7, 11) is 0. The SMILES string of the molecule is CCOC(=O)COc1ccc(/C=N\NC(=O)C[C@@H](NC(=O)c2ccccc2)c2ccccc2)cc1Br. The summed E-state index contributed by atoms with van der Waals surface area (Å²) in [6.45, 7) is 1.82. The van der Waals surface area contributed by atoms with Crippen LogP contribution in [0.4, 0.5) is 0 Å². The average Bonchev–Trinajstić information content (AvgIpc) is 2.89. The molecule has 0 aliphatic heterocycles. The summed E-state index contributed by atoms with van der Waals surface area (Å²) < 4.78 is 10.9. The molecule has 186 valence electrons. The molecule has 3 rings (SSSR count). The normalized spacial score (nSPS) is 11.5. The number of nitrogens with zero attached hydrogens (tertiary/aromatic N) is 1. The highest BCUT2D eigenvalue weighted by Gasteiger charge is 2.19. The number of hydrazone groups is 1. The van der Waals surface area contributed by atoms with E-state index in [0.29, 0.717) is 21.3 Å². The van der Waals surface area contributed by atoms with Crippen LogP contribution in [0.1, 0.15) is 40.9 Å². The number of carbonyl (C=O) groups excluding carboxylic acids is 3. The molecule has 0 bridgehead atoms. The largest absolute Gasteiger partial charge is 0.481 e. The van der Waals surface area contributed by atoms with E-state index in [1.165, 1.54) is 6.21 Å². The molecule has 3 aromatic rings. The zero-order chi connectivity index (χ0) is 25.8. The zero-order valence-electron chi connectivity index (χ0n) is 19.6. The molecule has 3 aromatic carbocycles. The van der Waals surface area contributed by atoms with Crippen molar-refractivity contribution in [2.24, 2.45) is 5.10 Å². The third-order valence-corrected chi connectivity index (χ3v) is 5.56. The lowest BCUT2D eigenvalue weighted by atomic mass is 10.0. The molecule has 0 aromatic heterocycles. The van der Waals surface area contributed by atoms with E-state index in [0.717, 1.165) is 5.56 Å². The highest BCUT2D eigenvalue weighted by Crippen LogP contribution is 2.25. The summed E-state index contributed by atoms with van der Waals surface area (Å²) in [5, 5.41) is 6.95. The third kappa shape index (κ3) is 8.35. The number of benzene rings is 3. The molecule has 0 aliphatic carbocycles. The van der Waals surface area contributed by atoms with E-state index in [4.69, 9.17) is 9.47 Å². The van der Waals surface area contributed by atoms with Gasteiger partial charge in [-0.2, -0.15) is 5.10 Å². The first kappa shape index (κ1) is 26.6. The van der Waals surface area contributed by atoms with Crippen molar-refractivity contribution in [3.63, 3.8) is 0 Å². The first-order chi connectivity index (χ1) is 17.5. The fourth-order valence-electron chi connectivity index (χ4n) is 3.23. The van der Waals surface area contributed by atoms with Crippen LogP contribution in [0.2, 0.25) is 0 Å². The lowest BCUT2D eigenvalue weighted by Crippen LogP contribution is -2.32. The fourth-order valence-corrected chi connectivity index (χ4v) is 3.74. The van der Waals surface area contributed by atoms with Crippen LogP contribution in [0.5, 0.6) is 5.75 Å². The number of hydrogen-bond donors (Lipinski definition) is 2. The van der Waals surface area contributed by atoms with Gasteiger partial charge in [0.1, 0.15) is 5.75 Å². The molecule has 2 amide bonds. The maximum absolute atomic E-state index is 12.7. The van der Waals surface area contributed by atoms with Gasteiger partial charge >= 0.3 is 5.97 Å². The Morgan fingerprint density at radius 3 is 2.36 bits per heavy atom. The minimum Gasteiger partial charge on any atom is -0.481 e. The highest BCUT2D eigenvalue weighted by atomic mass is 79.9. The molecule has 0 fully saturated rings. The van der Waals surface area contributed by atoms with E-state index in [9.17, 15) is 14.4 Å². The van der Waals surface area contributed by atoms with Gasteiger partial charge in [0.15, 0.2) is 6.61 Å². The van der Waals surface area contributed by atoms with Crippen molar-refractivity contribution in [1.82, 2.24) is 10.7 Å². The van der Waals surface area contributed by atoms with Gasteiger partial charge in [-0.3, -0.25) is 9.59 Å². The zero-order valence-corrected chi connectivity index (χ0v) is 21.2. The number of halogens is 1. The second kappa shape index (κ2) is 13.8. The number of hydrogen-bond acceptors (Lipinski definition) is 6. The van der Waals surface area contributed by atoms with Crippen molar-refractivity contribution in [1.29, 1.82) is 0 Å². The van der Waals surface area contributed by atoms with E-state index in [-0.39, 0.29) is 31.4 Å². The predicted octanol–water partition coefficient (Wildman–Crippen LogP) is 4.40. The number of ether oxygens (including phenoxy) is 2. The first-order valence-corrected chi connectivity index (χ1v) is 12.1. The van der Waals surface area contributed by atoms with Crippen LogP contribution < -0.4 is 15.5 Å². The topological polar surface area (TPSA) is 106 Å². The molecule has 0 heterocycles. The van der Waals surface area contributed by atoms with Crippen LogP contribution in [0.3, 0.4) is 0 Å². The second-order valence-corrected chi connectivity index (χ2v) is 8.44. The first-order valence-electron chi connectivity index (χ1n) is 11.3. The van der Waals surface area contributed by atoms with Crippen molar-refractivity contribution >= 4 is 39.9 Å². The molecule has 0 radical (unpaired) electrons. The molecule has 36 heavy (non-hydrogen) atoms. The number of rotatable bonds is 11. The van der Waals surface area contributed by atoms with Crippen LogP contribution in [0.25, 0.3) is 0 Å². The molecule has 2 N–H and O–H groups in total. The van der Waals surface area contributed by atoms with Crippen molar-refractivity contribution in [3.05, 3.63) is 100 Å². The van der Waals surface area contributed by atoms with Crippen LogP contribution in [0, 0.1) is 0 Å². The summed E-state index contributed by atoms with van der Waals surface area (Å²) in [5.74, 6) is -0.603. The number of carbonyl (C=O) groups is 3. The van der Waals surface area contributed by atoms with Crippen molar-refractivity contribution in [2.75, 3.05) is 13.2 Å². The highest BCUT2D eigenvalue weighted by molar-refractivity contribution is 9.10. The lowest BCUT2D eigenvalue weighted by molar-refractivity contribution is -0.145. The Labute approximate surface area is 217 Å². The molecule has 1 atom stereocenters. The molecule has 0 unspecified atom stereocenters. The van der Waals surface area contributed by atoms with E-state index in [1.54, 1.807) is 49.4 Å². The van der Waals surface area contributed by atoms with Gasteiger partial charge < -0.3 is 14.8 Å². The van der Waals surface area contributed by atoms with Crippen LogP contribution in [-0.2, 0) is 14.3 Å².